The number of carbonyl (C=O) groups is 1. The molecule has 3 aromatic rings. The number of pyridine rings is 1. The first-order chi connectivity index (χ1) is 20.4. The van der Waals surface area contributed by atoms with Gasteiger partial charge in [-0.3, -0.25) is 4.98 Å². The van der Waals surface area contributed by atoms with Gasteiger partial charge in [-0.2, -0.15) is 0 Å². The Kier molecular flexibility index (Phi) is 7.17. The topological polar surface area (TPSA) is 107 Å². The number of benzene rings is 1. The van der Waals surface area contributed by atoms with Crippen molar-refractivity contribution in [3.05, 3.63) is 60.6 Å². The van der Waals surface area contributed by atoms with E-state index in [1.165, 1.54) is 18.6 Å². The number of aromatic nitrogens is 3. The van der Waals surface area contributed by atoms with E-state index in [4.69, 9.17) is 15.2 Å². The number of anilines is 1. The van der Waals surface area contributed by atoms with Gasteiger partial charge >= 0.3 is 6.09 Å². The third-order valence-corrected chi connectivity index (χ3v) is 9.31. The second-order valence-corrected chi connectivity index (χ2v) is 12.6. The molecule has 4 aliphatic rings. The van der Waals surface area contributed by atoms with Crippen LogP contribution in [0.3, 0.4) is 0 Å². The number of primary amides is 1. The molecule has 4 fully saturated rings. The van der Waals surface area contributed by atoms with E-state index < -0.39 is 6.09 Å². The number of hydrogen-bond acceptors (Lipinski definition) is 8. The van der Waals surface area contributed by atoms with Crippen molar-refractivity contribution in [1.82, 2.24) is 19.9 Å². The predicted molar refractivity (Wildman–Crippen MR) is 156 cm³/mol. The molecule has 4 heterocycles. The predicted octanol–water partition coefficient (Wildman–Crippen LogP) is 5.51. The Morgan fingerprint density at radius 2 is 1.81 bits per heavy atom. The van der Waals surface area contributed by atoms with Gasteiger partial charge in [0.25, 0.3) is 0 Å². The molecule has 1 spiro atoms. The van der Waals surface area contributed by atoms with E-state index in [-0.39, 0.29) is 11.9 Å². The largest absolute Gasteiger partial charge is 0.451 e. The summed E-state index contributed by atoms with van der Waals surface area (Å²) in [6.07, 6.45) is 11.8. The SMILES string of the molecule is NC(=O)O[C@H]1CC[C@H](CCN2CC3(C2)CN(c2ncncc2Oc2ccc(F)cc2-c2cccnc2C2CC2)C3)CC1. The van der Waals surface area contributed by atoms with Gasteiger partial charge in [0.15, 0.2) is 11.6 Å². The zero-order chi connectivity index (χ0) is 28.7. The standard InChI is InChI=1S/C32H37FN6O3/c33-23-7-10-27(26(14-23)25-2-1-12-36-29(25)22-5-6-22)42-28-15-35-20-37-30(28)39-18-32(19-39)16-38(17-32)13-11-21-3-8-24(9-4-21)41-31(34)40/h1-2,7,10,12,14-15,20-22,24H,3-6,8-9,11,13,16-19H2,(H2,34,40)/t21-,24-. The summed E-state index contributed by atoms with van der Waals surface area (Å²) in [4.78, 5) is 29.3. The maximum absolute atomic E-state index is 14.4. The van der Waals surface area contributed by atoms with Crippen LogP contribution in [0, 0.1) is 17.2 Å². The van der Waals surface area contributed by atoms with Crippen molar-refractivity contribution in [2.45, 2.75) is 57.0 Å². The normalized spacial score (nSPS) is 23.2. The van der Waals surface area contributed by atoms with Crippen molar-refractivity contribution in [2.75, 3.05) is 37.6 Å². The molecule has 0 radical (unpaired) electrons. The zero-order valence-electron chi connectivity index (χ0n) is 23.8. The second kappa shape index (κ2) is 11.1. The Morgan fingerprint density at radius 1 is 1.00 bits per heavy atom. The lowest BCUT2D eigenvalue weighted by Gasteiger charge is -2.61. The van der Waals surface area contributed by atoms with E-state index in [2.05, 4.69) is 24.8 Å². The van der Waals surface area contributed by atoms with Gasteiger partial charge in [0.1, 0.15) is 24.0 Å². The van der Waals surface area contributed by atoms with Crippen LogP contribution in [-0.2, 0) is 4.74 Å². The third kappa shape index (κ3) is 5.64. The van der Waals surface area contributed by atoms with Crippen molar-refractivity contribution >= 4 is 11.9 Å². The van der Waals surface area contributed by atoms with E-state index in [0.29, 0.717) is 34.3 Å². The molecule has 2 aliphatic heterocycles. The molecular weight excluding hydrogens is 535 g/mol. The Balaban J connectivity index is 0.962. The van der Waals surface area contributed by atoms with Crippen molar-refractivity contribution in [3.63, 3.8) is 0 Å². The fourth-order valence-electron chi connectivity index (χ4n) is 7.11. The lowest BCUT2D eigenvalue weighted by molar-refractivity contribution is -0.0268. The molecule has 2 aliphatic carbocycles. The molecule has 0 bridgehead atoms. The molecule has 10 heteroatoms. The molecule has 2 saturated heterocycles. The molecule has 1 aromatic carbocycles. The van der Waals surface area contributed by atoms with Gasteiger partial charge in [-0.1, -0.05) is 6.07 Å². The Morgan fingerprint density at radius 3 is 2.57 bits per heavy atom. The quantitative estimate of drug-likeness (QED) is 0.358. The van der Waals surface area contributed by atoms with Gasteiger partial charge in [0.05, 0.1) is 11.9 Å². The van der Waals surface area contributed by atoms with Gasteiger partial charge in [-0.25, -0.2) is 19.2 Å². The number of nitrogens with zero attached hydrogens (tertiary/aromatic N) is 5. The van der Waals surface area contributed by atoms with Crippen LogP contribution in [-0.4, -0.2) is 64.8 Å². The number of carbonyl (C=O) groups excluding carboxylic acids is 1. The molecule has 2 N–H and O–H groups in total. The van der Waals surface area contributed by atoms with Crippen LogP contribution in [0.25, 0.3) is 11.1 Å². The molecule has 42 heavy (non-hydrogen) atoms. The van der Waals surface area contributed by atoms with E-state index >= 15 is 0 Å². The van der Waals surface area contributed by atoms with Crippen LogP contribution >= 0.6 is 0 Å². The summed E-state index contributed by atoms with van der Waals surface area (Å²) in [5.41, 5.74) is 8.07. The van der Waals surface area contributed by atoms with Crippen molar-refractivity contribution < 1.29 is 18.7 Å². The van der Waals surface area contributed by atoms with Gasteiger partial charge < -0.3 is 25.0 Å². The zero-order valence-corrected chi connectivity index (χ0v) is 23.8. The van der Waals surface area contributed by atoms with Gasteiger partial charge in [0, 0.05) is 54.8 Å². The molecule has 0 unspecified atom stereocenters. The highest BCUT2D eigenvalue weighted by Gasteiger charge is 2.52. The number of ether oxygens (including phenoxy) is 2. The maximum atomic E-state index is 14.4. The van der Waals surface area contributed by atoms with Crippen LogP contribution in [0.5, 0.6) is 11.5 Å². The van der Waals surface area contributed by atoms with E-state index in [1.807, 2.05) is 12.1 Å². The van der Waals surface area contributed by atoms with Crippen molar-refractivity contribution in [1.29, 1.82) is 0 Å². The highest BCUT2D eigenvalue weighted by Crippen LogP contribution is 2.47. The smallest absolute Gasteiger partial charge is 0.404 e. The minimum atomic E-state index is -0.660. The number of rotatable bonds is 9. The molecule has 2 saturated carbocycles. The highest BCUT2D eigenvalue weighted by molar-refractivity contribution is 5.74. The van der Waals surface area contributed by atoms with Crippen molar-refractivity contribution in [3.8, 4) is 22.6 Å². The summed E-state index contributed by atoms with van der Waals surface area (Å²) in [6, 6.07) is 8.53. The summed E-state index contributed by atoms with van der Waals surface area (Å²) in [5.74, 6) is 2.72. The van der Waals surface area contributed by atoms with Crippen LogP contribution in [0.4, 0.5) is 15.0 Å². The van der Waals surface area contributed by atoms with Crippen LogP contribution < -0.4 is 15.4 Å². The van der Waals surface area contributed by atoms with Crippen LogP contribution in [0.15, 0.2) is 49.1 Å². The lowest BCUT2D eigenvalue weighted by Crippen LogP contribution is -2.72. The molecule has 0 atom stereocenters. The van der Waals surface area contributed by atoms with Crippen LogP contribution in [0.2, 0.25) is 0 Å². The van der Waals surface area contributed by atoms with Crippen LogP contribution in [0.1, 0.15) is 56.6 Å². The molecule has 2 aromatic heterocycles. The van der Waals surface area contributed by atoms with E-state index in [0.717, 1.165) is 88.3 Å². The first-order valence-corrected chi connectivity index (χ1v) is 15.1. The Bertz CT molecular complexity index is 1440. The minimum absolute atomic E-state index is 0.00661. The highest BCUT2D eigenvalue weighted by atomic mass is 19.1. The molecule has 7 rings (SSSR count). The molecule has 1 amide bonds. The summed E-state index contributed by atoms with van der Waals surface area (Å²) in [5, 5.41) is 0. The lowest BCUT2D eigenvalue weighted by atomic mass is 9.72. The summed E-state index contributed by atoms with van der Waals surface area (Å²) in [7, 11) is 0. The minimum Gasteiger partial charge on any atom is -0.451 e. The summed E-state index contributed by atoms with van der Waals surface area (Å²) < 4.78 is 26.0. The molecule has 9 nitrogen and oxygen atoms in total. The Hall–Kier alpha value is -3.79. The number of hydrogen-bond donors (Lipinski definition) is 1. The van der Waals surface area contributed by atoms with Gasteiger partial charge in [-0.15, -0.1) is 0 Å². The maximum Gasteiger partial charge on any atom is 0.404 e. The average molecular weight is 573 g/mol. The van der Waals surface area contributed by atoms with Crippen molar-refractivity contribution in [2.24, 2.45) is 17.1 Å². The van der Waals surface area contributed by atoms with E-state index in [1.54, 1.807) is 24.8 Å². The molecular formula is C32H37FN6O3. The van der Waals surface area contributed by atoms with Gasteiger partial charge in [0.2, 0.25) is 0 Å². The van der Waals surface area contributed by atoms with E-state index in [9.17, 15) is 9.18 Å². The number of amides is 1. The number of nitrogens with two attached hydrogens (primary N) is 1. The van der Waals surface area contributed by atoms with Gasteiger partial charge in [-0.05, 0) is 81.7 Å². The number of likely N-dealkylation sites (tertiary alicyclic amines) is 1. The molecule has 220 valence electrons. The monoisotopic (exact) mass is 572 g/mol. The summed E-state index contributed by atoms with van der Waals surface area (Å²) in [6.45, 7) is 5.16. The Labute approximate surface area is 245 Å². The third-order valence-electron chi connectivity index (χ3n) is 9.31. The second-order valence-electron chi connectivity index (χ2n) is 12.6. The first-order valence-electron chi connectivity index (χ1n) is 15.1. The average Bonchev–Trinajstić information content (AvgIpc) is 3.79. The summed E-state index contributed by atoms with van der Waals surface area (Å²) >= 11 is 0. The fourth-order valence-corrected chi connectivity index (χ4v) is 7.11. The fraction of sp³-hybridized carbons (Fsp3) is 0.500. The number of halogens is 1. The first kappa shape index (κ1) is 27.1.